The van der Waals surface area contributed by atoms with Crippen LogP contribution in [0, 0.1) is 11.7 Å². The molecule has 0 radical (unpaired) electrons. The fourth-order valence-electron chi connectivity index (χ4n) is 4.05. The molecule has 0 saturated heterocycles. The average Bonchev–Trinajstić information content (AvgIpc) is 3.64. The van der Waals surface area contributed by atoms with Gasteiger partial charge in [-0.1, -0.05) is 35.9 Å². The van der Waals surface area contributed by atoms with Gasteiger partial charge in [0.2, 0.25) is 0 Å². The van der Waals surface area contributed by atoms with Gasteiger partial charge in [0.1, 0.15) is 11.4 Å². The topological polar surface area (TPSA) is 70.9 Å². The monoisotopic (exact) mass is 462 g/mol. The maximum absolute atomic E-state index is 14.6. The SMILES string of the molecule is CC(C)(O)c1ncc(-c2ccc3ncc(Cl)c(NC(c4ccccc4F)C4CC4)c3c2)cn1. The highest BCUT2D eigenvalue weighted by Gasteiger charge is 2.34. The Morgan fingerprint density at radius 3 is 2.42 bits per heavy atom. The van der Waals surface area contributed by atoms with E-state index in [9.17, 15) is 9.50 Å². The molecule has 168 valence electrons. The summed E-state index contributed by atoms with van der Waals surface area (Å²) in [6.07, 6.45) is 7.10. The smallest absolute Gasteiger partial charge is 0.159 e. The van der Waals surface area contributed by atoms with Crippen molar-refractivity contribution in [2.75, 3.05) is 5.32 Å². The van der Waals surface area contributed by atoms with Crippen LogP contribution < -0.4 is 5.32 Å². The van der Waals surface area contributed by atoms with Crippen molar-refractivity contribution in [3.8, 4) is 11.1 Å². The van der Waals surface area contributed by atoms with Crippen LogP contribution in [-0.4, -0.2) is 20.1 Å². The first-order valence-corrected chi connectivity index (χ1v) is 11.3. The molecule has 5 rings (SSSR count). The molecule has 5 nitrogen and oxygen atoms in total. The Bertz CT molecular complexity index is 1320. The van der Waals surface area contributed by atoms with Crippen LogP contribution in [0.5, 0.6) is 0 Å². The number of halogens is 2. The zero-order valence-corrected chi connectivity index (χ0v) is 19.1. The van der Waals surface area contributed by atoms with Crippen LogP contribution in [0.15, 0.2) is 61.1 Å². The summed E-state index contributed by atoms with van der Waals surface area (Å²) in [5, 5.41) is 15.0. The minimum atomic E-state index is -1.11. The number of nitrogens with one attached hydrogen (secondary N) is 1. The highest BCUT2D eigenvalue weighted by atomic mass is 35.5. The Hall–Kier alpha value is -3.09. The Balaban J connectivity index is 1.56. The van der Waals surface area contributed by atoms with Crippen molar-refractivity contribution in [2.45, 2.75) is 38.3 Å². The van der Waals surface area contributed by atoms with Gasteiger partial charge < -0.3 is 10.4 Å². The normalized spacial score (nSPS) is 14.9. The van der Waals surface area contributed by atoms with Gasteiger partial charge >= 0.3 is 0 Å². The molecule has 0 aliphatic heterocycles. The zero-order chi connectivity index (χ0) is 23.2. The average molecular weight is 463 g/mol. The second-order valence-electron chi connectivity index (χ2n) is 9.05. The molecule has 2 heterocycles. The first-order chi connectivity index (χ1) is 15.8. The molecule has 0 bridgehead atoms. The molecule has 2 aromatic heterocycles. The fraction of sp³-hybridized carbons (Fsp3) is 0.269. The van der Waals surface area contributed by atoms with Gasteiger partial charge in [-0.3, -0.25) is 4.98 Å². The molecule has 1 unspecified atom stereocenters. The number of anilines is 1. The number of aliphatic hydroxyl groups is 1. The predicted octanol–water partition coefficient (Wildman–Crippen LogP) is 6.27. The molecule has 1 fully saturated rings. The first kappa shape index (κ1) is 21.7. The molecular formula is C26H24ClFN4O. The van der Waals surface area contributed by atoms with Gasteiger partial charge in [0.25, 0.3) is 0 Å². The van der Waals surface area contributed by atoms with Crippen LogP contribution in [0.25, 0.3) is 22.0 Å². The molecule has 33 heavy (non-hydrogen) atoms. The molecule has 0 amide bonds. The van der Waals surface area contributed by atoms with E-state index in [1.54, 1.807) is 38.5 Å². The second kappa shape index (κ2) is 8.36. The minimum Gasteiger partial charge on any atom is -0.382 e. The third-order valence-corrected chi connectivity index (χ3v) is 6.27. The molecular weight excluding hydrogens is 439 g/mol. The third-order valence-electron chi connectivity index (χ3n) is 5.99. The van der Waals surface area contributed by atoms with E-state index in [-0.39, 0.29) is 11.9 Å². The fourth-order valence-corrected chi connectivity index (χ4v) is 4.25. The Kier molecular flexibility index (Phi) is 5.51. The molecule has 1 saturated carbocycles. The summed E-state index contributed by atoms with van der Waals surface area (Å²) in [4.78, 5) is 13.1. The van der Waals surface area contributed by atoms with Crippen LogP contribution in [-0.2, 0) is 5.60 Å². The van der Waals surface area contributed by atoms with Crippen LogP contribution in [0.3, 0.4) is 0 Å². The third kappa shape index (κ3) is 4.41. The quantitative estimate of drug-likeness (QED) is 0.353. The van der Waals surface area contributed by atoms with Gasteiger partial charge in [-0.05, 0) is 56.4 Å². The van der Waals surface area contributed by atoms with Crippen molar-refractivity contribution in [3.05, 3.63) is 83.3 Å². The summed E-state index contributed by atoms with van der Waals surface area (Å²) in [5.74, 6) is 0.490. The van der Waals surface area contributed by atoms with Crippen molar-refractivity contribution in [1.82, 2.24) is 15.0 Å². The number of hydrogen-bond acceptors (Lipinski definition) is 5. The lowest BCUT2D eigenvalue weighted by atomic mass is 10.00. The lowest BCUT2D eigenvalue weighted by molar-refractivity contribution is 0.0687. The van der Waals surface area contributed by atoms with E-state index >= 15 is 0 Å². The van der Waals surface area contributed by atoms with Crippen LogP contribution >= 0.6 is 11.6 Å². The van der Waals surface area contributed by atoms with E-state index in [2.05, 4.69) is 20.3 Å². The maximum Gasteiger partial charge on any atom is 0.159 e. The summed E-state index contributed by atoms with van der Waals surface area (Å²) in [5.41, 5.74) is 2.75. The number of nitrogens with zero attached hydrogens (tertiary/aromatic N) is 3. The van der Waals surface area contributed by atoms with E-state index in [0.717, 1.165) is 40.6 Å². The van der Waals surface area contributed by atoms with Crippen LogP contribution in [0.4, 0.5) is 10.1 Å². The number of rotatable bonds is 6. The van der Waals surface area contributed by atoms with E-state index in [1.807, 2.05) is 30.3 Å². The molecule has 1 atom stereocenters. The molecule has 7 heteroatoms. The standard InChI is InChI=1S/C26H24ClFN4O/c1-26(2,33)25-30-12-17(13-31-25)16-9-10-22-19(11-16)24(20(27)14-29-22)32-23(15-7-8-15)18-5-3-4-6-21(18)28/h3-6,9-15,23,33H,7-8H2,1-2H3,(H,29,32). The summed E-state index contributed by atoms with van der Waals surface area (Å²) in [7, 11) is 0. The summed E-state index contributed by atoms with van der Waals surface area (Å²) >= 11 is 6.60. The molecule has 2 aromatic carbocycles. The highest BCUT2D eigenvalue weighted by Crippen LogP contribution is 2.45. The van der Waals surface area contributed by atoms with Crippen LogP contribution in [0.1, 0.15) is 44.1 Å². The van der Waals surface area contributed by atoms with Gasteiger partial charge in [-0.25, -0.2) is 14.4 Å². The number of pyridine rings is 1. The largest absolute Gasteiger partial charge is 0.382 e. The number of fused-ring (bicyclic) bond motifs is 1. The van der Waals surface area contributed by atoms with E-state index in [0.29, 0.717) is 22.3 Å². The summed E-state index contributed by atoms with van der Waals surface area (Å²) in [6.45, 7) is 3.30. The molecule has 0 spiro atoms. The number of hydrogen-bond donors (Lipinski definition) is 2. The zero-order valence-electron chi connectivity index (χ0n) is 18.4. The number of aromatic nitrogens is 3. The van der Waals surface area contributed by atoms with E-state index < -0.39 is 5.60 Å². The van der Waals surface area contributed by atoms with Crippen LogP contribution in [0.2, 0.25) is 5.02 Å². The van der Waals surface area contributed by atoms with Gasteiger partial charge in [0, 0.05) is 35.1 Å². The van der Waals surface area contributed by atoms with E-state index in [1.165, 1.54) is 6.07 Å². The first-order valence-electron chi connectivity index (χ1n) is 11.0. The highest BCUT2D eigenvalue weighted by molar-refractivity contribution is 6.34. The van der Waals surface area contributed by atoms with Gasteiger partial charge in [-0.15, -0.1) is 0 Å². The molecule has 2 N–H and O–H groups in total. The molecule has 1 aliphatic rings. The van der Waals surface area contributed by atoms with Crippen molar-refractivity contribution >= 4 is 28.2 Å². The summed E-state index contributed by atoms with van der Waals surface area (Å²) in [6, 6.07) is 12.6. The van der Waals surface area contributed by atoms with E-state index in [4.69, 9.17) is 11.6 Å². The Morgan fingerprint density at radius 2 is 1.76 bits per heavy atom. The molecule has 1 aliphatic carbocycles. The maximum atomic E-state index is 14.6. The van der Waals surface area contributed by atoms with Crippen molar-refractivity contribution in [3.63, 3.8) is 0 Å². The van der Waals surface area contributed by atoms with Gasteiger partial charge in [0.15, 0.2) is 5.82 Å². The van der Waals surface area contributed by atoms with Crippen molar-refractivity contribution < 1.29 is 9.50 Å². The Labute approximate surface area is 196 Å². The number of benzene rings is 2. The predicted molar refractivity (Wildman–Crippen MR) is 129 cm³/mol. The van der Waals surface area contributed by atoms with Crippen molar-refractivity contribution in [1.29, 1.82) is 0 Å². The second-order valence-corrected chi connectivity index (χ2v) is 9.46. The Morgan fingerprint density at radius 1 is 1.03 bits per heavy atom. The minimum absolute atomic E-state index is 0.174. The lowest BCUT2D eigenvalue weighted by Gasteiger charge is -2.22. The molecule has 4 aromatic rings. The van der Waals surface area contributed by atoms with Crippen molar-refractivity contribution in [2.24, 2.45) is 5.92 Å². The van der Waals surface area contributed by atoms with Gasteiger partial charge in [-0.2, -0.15) is 0 Å². The van der Waals surface area contributed by atoms with Gasteiger partial charge in [0.05, 0.1) is 22.3 Å². The summed E-state index contributed by atoms with van der Waals surface area (Å²) < 4.78 is 14.6. The lowest BCUT2D eigenvalue weighted by Crippen LogP contribution is -2.19.